The molecule has 3 rings (SSSR count). The summed E-state index contributed by atoms with van der Waals surface area (Å²) in [5, 5.41) is 9.71. The normalized spacial score (nSPS) is 16.8. The summed E-state index contributed by atoms with van der Waals surface area (Å²) < 4.78 is 25.3. The molecule has 1 fully saturated rings. The fourth-order valence-electron chi connectivity index (χ4n) is 2.66. The first kappa shape index (κ1) is 17.5. The zero-order chi connectivity index (χ0) is 18.2. The van der Waals surface area contributed by atoms with E-state index in [1.807, 2.05) is 20.8 Å². The second-order valence-corrected chi connectivity index (χ2v) is 9.17. The van der Waals surface area contributed by atoms with Crippen LogP contribution in [0, 0.1) is 0 Å². The first-order chi connectivity index (χ1) is 11.7. The number of aromatic amines is 1. The molecule has 0 bridgehead atoms. The number of anilines is 2. The van der Waals surface area contributed by atoms with Crippen molar-refractivity contribution in [2.24, 2.45) is 0 Å². The topological polar surface area (TPSA) is 95.2 Å². The Morgan fingerprint density at radius 1 is 1.24 bits per heavy atom. The summed E-state index contributed by atoms with van der Waals surface area (Å²) in [6, 6.07) is 8.52. The van der Waals surface area contributed by atoms with Gasteiger partial charge in [-0.15, -0.1) is 0 Å². The van der Waals surface area contributed by atoms with Crippen molar-refractivity contribution in [1.29, 1.82) is 0 Å². The van der Waals surface area contributed by atoms with Gasteiger partial charge < -0.3 is 5.32 Å². The Hall–Kier alpha value is -2.35. The van der Waals surface area contributed by atoms with E-state index in [0.717, 1.165) is 5.69 Å². The predicted molar refractivity (Wildman–Crippen MR) is 97.4 cm³/mol. The van der Waals surface area contributed by atoms with Crippen LogP contribution in [0.5, 0.6) is 0 Å². The average molecular weight is 362 g/mol. The summed E-state index contributed by atoms with van der Waals surface area (Å²) in [5.74, 6) is -0.130. The van der Waals surface area contributed by atoms with Gasteiger partial charge in [0.2, 0.25) is 10.0 Å². The van der Waals surface area contributed by atoms with E-state index >= 15 is 0 Å². The van der Waals surface area contributed by atoms with E-state index in [4.69, 9.17) is 0 Å². The maximum absolute atomic E-state index is 12.3. The number of nitrogens with zero attached hydrogens (tertiary/aromatic N) is 2. The highest BCUT2D eigenvalue weighted by molar-refractivity contribution is 7.93. The summed E-state index contributed by atoms with van der Waals surface area (Å²) >= 11 is 0. The minimum atomic E-state index is -3.20. The number of rotatable bonds is 3. The Balaban J connectivity index is 1.71. The van der Waals surface area contributed by atoms with E-state index in [-0.39, 0.29) is 17.1 Å². The molecule has 1 aromatic carbocycles. The quantitative estimate of drug-likeness (QED) is 0.877. The van der Waals surface area contributed by atoms with Crippen molar-refractivity contribution in [2.45, 2.75) is 32.6 Å². The lowest BCUT2D eigenvalue weighted by Crippen LogP contribution is -2.25. The monoisotopic (exact) mass is 362 g/mol. The molecule has 1 saturated heterocycles. The molecule has 0 atom stereocenters. The second-order valence-electron chi connectivity index (χ2n) is 7.16. The smallest absolute Gasteiger partial charge is 0.276 e. The molecule has 1 aromatic heterocycles. The number of amides is 1. The van der Waals surface area contributed by atoms with E-state index in [9.17, 15) is 13.2 Å². The van der Waals surface area contributed by atoms with E-state index in [1.54, 1.807) is 30.3 Å². The SMILES string of the molecule is CC(C)(C)c1cc(C(=O)Nc2ccc(N3CCCS3(=O)=O)cc2)n[nH]1. The molecule has 8 heteroatoms. The number of carbonyl (C=O) groups is 1. The lowest BCUT2D eigenvalue weighted by molar-refractivity contribution is 0.102. The lowest BCUT2D eigenvalue weighted by atomic mass is 9.92. The fourth-order valence-corrected chi connectivity index (χ4v) is 4.22. The molecule has 1 amide bonds. The van der Waals surface area contributed by atoms with Crippen LogP contribution in [0.2, 0.25) is 0 Å². The Kier molecular flexibility index (Phi) is 4.32. The third-order valence-corrected chi connectivity index (χ3v) is 6.00. The van der Waals surface area contributed by atoms with Crippen LogP contribution in [0.25, 0.3) is 0 Å². The van der Waals surface area contributed by atoms with E-state index in [2.05, 4.69) is 15.5 Å². The summed E-state index contributed by atoms with van der Waals surface area (Å²) in [5.41, 5.74) is 2.29. The maximum atomic E-state index is 12.3. The zero-order valence-electron chi connectivity index (χ0n) is 14.5. The Bertz CT molecular complexity index is 879. The highest BCUT2D eigenvalue weighted by Gasteiger charge is 2.28. The molecule has 25 heavy (non-hydrogen) atoms. The van der Waals surface area contributed by atoms with Crippen LogP contribution in [0.15, 0.2) is 30.3 Å². The highest BCUT2D eigenvalue weighted by Crippen LogP contribution is 2.25. The number of sulfonamides is 1. The van der Waals surface area contributed by atoms with Gasteiger partial charge in [-0.2, -0.15) is 5.10 Å². The lowest BCUT2D eigenvalue weighted by Gasteiger charge is -2.17. The molecule has 134 valence electrons. The van der Waals surface area contributed by atoms with Crippen LogP contribution >= 0.6 is 0 Å². The number of H-pyrrole nitrogens is 1. The molecule has 1 aliphatic rings. The minimum absolute atomic E-state index is 0.117. The predicted octanol–water partition coefficient (Wildman–Crippen LogP) is 2.50. The summed E-state index contributed by atoms with van der Waals surface area (Å²) in [4.78, 5) is 12.3. The van der Waals surface area contributed by atoms with Crippen molar-refractivity contribution < 1.29 is 13.2 Å². The van der Waals surface area contributed by atoms with Gasteiger partial charge in [-0.25, -0.2) is 8.42 Å². The maximum Gasteiger partial charge on any atom is 0.276 e. The van der Waals surface area contributed by atoms with Gasteiger partial charge in [-0.3, -0.25) is 14.2 Å². The number of hydrogen-bond donors (Lipinski definition) is 2. The standard InChI is InChI=1S/C17H22N4O3S/c1-17(2,3)15-11-14(19-20-15)16(22)18-12-5-7-13(8-6-12)21-9-4-10-25(21,23)24/h5-8,11H,4,9-10H2,1-3H3,(H,18,22)(H,19,20). The van der Waals surface area contributed by atoms with Gasteiger partial charge in [0, 0.05) is 23.3 Å². The third kappa shape index (κ3) is 3.68. The summed E-state index contributed by atoms with van der Waals surface area (Å²) in [6.07, 6.45) is 0.635. The zero-order valence-corrected chi connectivity index (χ0v) is 15.4. The summed E-state index contributed by atoms with van der Waals surface area (Å²) in [7, 11) is -3.20. The van der Waals surface area contributed by atoms with Gasteiger partial charge in [0.05, 0.1) is 11.4 Å². The van der Waals surface area contributed by atoms with Gasteiger partial charge in [0.15, 0.2) is 5.69 Å². The van der Waals surface area contributed by atoms with E-state index in [1.165, 1.54) is 4.31 Å². The molecule has 7 nitrogen and oxygen atoms in total. The van der Waals surface area contributed by atoms with Crippen LogP contribution in [0.1, 0.15) is 43.4 Å². The summed E-state index contributed by atoms with van der Waals surface area (Å²) in [6.45, 7) is 6.60. The van der Waals surface area contributed by atoms with Crippen molar-refractivity contribution in [3.8, 4) is 0 Å². The van der Waals surface area contributed by atoms with Gasteiger partial charge in [-0.1, -0.05) is 20.8 Å². The third-order valence-electron chi connectivity index (χ3n) is 4.13. The Labute approximate surface area is 147 Å². The molecule has 2 heterocycles. The van der Waals surface area contributed by atoms with E-state index in [0.29, 0.717) is 30.0 Å². The number of hydrogen-bond acceptors (Lipinski definition) is 4. The van der Waals surface area contributed by atoms with Gasteiger partial charge >= 0.3 is 0 Å². The average Bonchev–Trinajstić information content (AvgIpc) is 3.14. The molecule has 0 spiro atoms. The van der Waals surface area contributed by atoms with Crippen LogP contribution in [-0.2, 0) is 15.4 Å². The Morgan fingerprint density at radius 2 is 1.92 bits per heavy atom. The number of nitrogens with one attached hydrogen (secondary N) is 2. The Morgan fingerprint density at radius 3 is 2.44 bits per heavy atom. The molecule has 0 unspecified atom stereocenters. The van der Waals surface area contributed by atoms with E-state index < -0.39 is 10.0 Å². The van der Waals surface area contributed by atoms with Gasteiger partial charge in [0.25, 0.3) is 5.91 Å². The first-order valence-corrected chi connectivity index (χ1v) is 9.75. The molecule has 0 aliphatic carbocycles. The van der Waals surface area contributed by atoms with Crippen LogP contribution in [0.4, 0.5) is 11.4 Å². The van der Waals surface area contributed by atoms with Crippen molar-refractivity contribution in [3.05, 3.63) is 41.7 Å². The van der Waals surface area contributed by atoms with Crippen LogP contribution in [-0.4, -0.2) is 36.8 Å². The molecule has 2 N–H and O–H groups in total. The van der Waals surface area contributed by atoms with Crippen LogP contribution in [0.3, 0.4) is 0 Å². The van der Waals surface area contributed by atoms with Crippen LogP contribution < -0.4 is 9.62 Å². The number of carbonyl (C=O) groups excluding carboxylic acids is 1. The highest BCUT2D eigenvalue weighted by atomic mass is 32.2. The fraction of sp³-hybridized carbons (Fsp3) is 0.412. The molecular formula is C17H22N4O3S. The van der Waals surface area contributed by atoms with Crippen molar-refractivity contribution in [2.75, 3.05) is 21.9 Å². The van der Waals surface area contributed by atoms with Gasteiger partial charge in [0.1, 0.15) is 0 Å². The molecule has 0 radical (unpaired) electrons. The van der Waals surface area contributed by atoms with Crippen molar-refractivity contribution >= 4 is 27.3 Å². The van der Waals surface area contributed by atoms with Gasteiger partial charge in [-0.05, 0) is 36.8 Å². The number of benzene rings is 1. The molecular weight excluding hydrogens is 340 g/mol. The van der Waals surface area contributed by atoms with Crippen molar-refractivity contribution in [1.82, 2.24) is 10.2 Å². The van der Waals surface area contributed by atoms with Crippen molar-refractivity contribution in [3.63, 3.8) is 0 Å². The molecule has 0 saturated carbocycles. The first-order valence-electron chi connectivity index (χ1n) is 8.14. The minimum Gasteiger partial charge on any atom is -0.321 e. The largest absolute Gasteiger partial charge is 0.321 e. The number of aromatic nitrogens is 2. The molecule has 1 aliphatic heterocycles. The second kappa shape index (κ2) is 6.18. The molecule has 2 aromatic rings.